The van der Waals surface area contributed by atoms with Gasteiger partial charge in [-0.1, -0.05) is 61.5 Å². The van der Waals surface area contributed by atoms with Gasteiger partial charge < -0.3 is 9.47 Å². The number of hydrogen-bond donors (Lipinski definition) is 0. The summed E-state index contributed by atoms with van der Waals surface area (Å²) in [6.07, 6.45) is 0.426. The van der Waals surface area contributed by atoms with E-state index in [0.717, 1.165) is 11.1 Å². The van der Waals surface area contributed by atoms with Crippen molar-refractivity contribution in [3.8, 4) is 11.5 Å². The van der Waals surface area contributed by atoms with Crippen LogP contribution in [0, 0.1) is 0 Å². The molecule has 0 radical (unpaired) electrons. The fourth-order valence-corrected chi connectivity index (χ4v) is 4.04. The molecule has 1 aliphatic rings. The molecular formula is C25H20O3. The van der Waals surface area contributed by atoms with E-state index in [-0.39, 0.29) is 11.9 Å². The predicted molar refractivity (Wildman–Crippen MR) is 111 cm³/mol. The van der Waals surface area contributed by atoms with E-state index in [2.05, 4.69) is 54.6 Å². The Balaban J connectivity index is 1.52. The number of fused-ring (bicyclic) bond motifs is 3. The normalized spacial score (nSPS) is 16.0. The van der Waals surface area contributed by atoms with Crippen molar-refractivity contribution < 1.29 is 14.3 Å². The van der Waals surface area contributed by atoms with Gasteiger partial charge in [0, 0.05) is 11.6 Å². The zero-order valence-electron chi connectivity index (χ0n) is 15.6. The van der Waals surface area contributed by atoms with Gasteiger partial charge in [-0.3, -0.25) is 4.79 Å². The Morgan fingerprint density at radius 3 is 2.32 bits per heavy atom. The lowest BCUT2D eigenvalue weighted by Crippen LogP contribution is -2.18. The van der Waals surface area contributed by atoms with Gasteiger partial charge in [0.2, 0.25) is 0 Å². The molecule has 4 aromatic carbocycles. The van der Waals surface area contributed by atoms with Crippen molar-refractivity contribution in [3.63, 3.8) is 0 Å². The van der Waals surface area contributed by atoms with Crippen LogP contribution in [0.1, 0.15) is 30.4 Å². The van der Waals surface area contributed by atoms with Crippen molar-refractivity contribution in [2.45, 2.75) is 25.9 Å². The van der Waals surface area contributed by atoms with Gasteiger partial charge in [-0.25, -0.2) is 0 Å². The Kier molecular flexibility index (Phi) is 4.01. The van der Waals surface area contributed by atoms with Gasteiger partial charge in [0.25, 0.3) is 0 Å². The van der Waals surface area contributed by atoms with E-state index in [1.54, 1.807) is 0 Å². The van der Waals surface area contributed by atoms with E-state index in [4.69, 9.17) is 9.47 Å². The first-order valence-corrected chi connectivity index (χ1v) is 9.56. The van der Waals surface area contributed by atoms with Gasteiger partial charge in [0.05, 0.1) is 6.42 Å². The third-order valence-electron chi connectivity index (χ3n) is 5.48. The third kappa shape index (κ3) is 2.89. The molecule has 0 aliphatic carbocycles. The Morgan fingerprint density at radius 1 is 0.929 bits per heavy atom. The van der Waals surface area contributed by atoms with Gasteiger partial charge in [0.15, 0.2) is 0 Å². The highest BCUT2D eigenvalue weighted by Gasteiger charge is 2.24. The summed E-state index contributed by atoms with van der Waals surface area (Å²) in [6, 6.07) is 24.8. The molecule has 0 saturated carbocycles. The van der Waals surface area contributed by atoms with Gasteiger partial charge in [-0.2, -0.15) is 0 Å². The second-order valence-electron chi connectivity index (χ2n) is 7.36. The molecule has 0 bridgehead atoms. The summed E-state index contributed by atoms with van der Waals surface area (Å²) in [5.41, 5.74) is 2.22. The van der Waals surface area contributed by atoms with Crippen LogP contribution in [0.4, 0.5) is 0 Å². The fourth-order valence-electron chi connectivity index (χ4n) is 4.04. The number of esters is 1. The quantitative estimate of drug-likeness (QED) is 0.253. The second kappa shape index (κ2) is 6.68. The molecule has 3 nitrogen and oxygen atoms in total. The average molecular weight is 368 g/mol. The van der Waals surface area contributed by atoms with Crippen molar-refractivity contribution in [3.05, 3.63) is 83.9 Å². The molecule has 4 aromatic rings. The summed E-state index contributed by atoms with van der Waals surface area (Å²) in [5, 5.41) is 4.79. The van der Waals surface area contributed by atoms with E-state index >= 15 is 0 Å². The smallest absolute Gasteiger partial charge is 0.311 e. The number of rotatable bonds is 3. The maximum absolute atomic E-state index is 11.8. The topological polar surface area (TPSA) is 35.5 Å². The molecule has 1 heterocycles. The summed E-state index contributed by atoms with van der Waals surface area (Å²) in [7, 11) is 0. The van der Waals surface area contributed by atoms with Crippen LogP contribution in [-0.4, -0.2) is 5.97 Å². The van der Waals surface area contributed by atoms with Crippen LogP contribution < -0.4 is 9.47 Å². The number of benzene rings is 4. The SMILES string of the molecule is CC1CC(=O)Oc2cc(OCc3c4ccccc4cc4ccccc34)ccc21. The first-order chi connectivity index (χ1) is 13.7. The molecule has 0 fully saturated rings. The highest BCUT2D eigenvalue weighted by atomic mass is 16.5. The van der Waals surface area contributed by atoms with Crippen LogP contribution in [0.5, 0.6) is 11.5 Å². The van der Waals surface area contributed by atoms with Crippen molar-refractivity contribution in [1.29, 1.82) is 0 Å². The number of ether oxygens (including phenoxy) is 2. The van der Waals surface area contributed by atoms with Crippen LogP contribution in [-0.2, 0) is 11.4 Å². The maximum atomic E-state index is 11.8. The van der Waals surface area contributed by atoms with Crippen LogP contribution in [0.15, 0.2) is 72.8 Å². The minimum Gasteiger partial charge on any atom is -0.489 e. The average Bonchev–Trinajstić information content (AvgIpc) is 2.70. The maximum Gasteiger partial charge on any atom is 0.311 e. The van der Waals surface area contributed by atoms with Gasteiger partial charge in [0.1, 0.15) is 18.1 Å². The Morgan fingerprint density at radius 2 is 1.61 bits per heavy atom. The summed E-state index contributed by atoms with van der Waals surface area (Å²) >= 11 is 0. The Bertz CT molecular complexity index is 1160. The molecule has 0 N–H and O–H groups in total. The van der Waals surface area contributed by atoms with Crippen LogP contribution in [0.3, 0.4) is 0 Å². The summed E-state index contributed by atoms with van der Waals surface area (Å²) in [5.74, 6) is 1.31. The molecule has 28 heavy (non-hydrogen) atoms. The Labute approximate surface area is 163 Å². The van der Waals surface area contributed by atoms with Crippen LogP contribution in [0.2, 0.25) is 0 Å². The molecule has 5 rings (SSSR count). The molecular weight excluding hydrogens is 348 g/mol. The first kappa shape index (κ1) is 16.8. The van der Waals surface area contributed by atoms with E-state index in [9.17, 15) is 4.79 Å². The Hall–Kier alpha value is -3.33. The lowest BCUT2D eigenvalue weighted by molar-refractivity contribution is -0.135. The van der Waals surface area contributed by atoms with E-state index in [1.165, 1.54) is 21.5 Å². The summed E-state index contributed by atoms with van der Waals surface area (Å²) < 4.78 is 11.6. The number of carbonyl (C=O) groups excluding carboxylic acids is 1. The molecule has 0 spiro atoms. The minimum absolute atomic E-state index is 0.173. The molecule has 0 saturated heterocycles. The van der Waals surface area contributed by atoms with Gasteiger partial charge >= 0.3 is 5.97 Å². The fraction of sp³-hybridized carbons (Fsp3) is 0.160. The molecule has 1 atom stereocenters. The van der Waals surface area contributed by atoms with Crippen LogP contribution >= 0.6 is 0 Å². The molecule has 1 aliphatic heterocycles. The summed E-state index contributed by atoms with van der Waals surface area (Å²) in [4.78, 5) is 11.8. The molecule has 1 unspecified atom stereocenters. The highest BCUT2D eigenvalue weighted by molar-refractivity contribution is 6.02. The zero-order chi connectivity index (χ0) is 19.1. The molecule has 3 heteroatoms. The van der Waals surface area contributed by atoms with Crippen molar-refractivity contribution >= 4 is 27.5 Å². The van der Waals surface area contributed by atoms with E-state index in [1.807, 2.05) is 25.1 Å². The lowest BCUT2D eigenvalue weighted by Gasteiger charge is -2.22. The highest BCUT2D eigenvalue weighted by Crippen LogP contribution is 2.37. The van der Waals surface area contributed by atoms with Gasteiger partial charge in [-0.05, 0) is 45.2 Å². The van der Waals surface area contributed by atoms with Crippen molar-refractivity contribution in [2.24, 2.45) is 0 Å². The molecule has 0 aromatic heterocycles. The van der Waals surface area contributed by atoms with Crippen LogP contribution in [0.25, 0.3) is 21.5 Å². The van der Waals surface area contributed by atoms with Crippen molar-refractivity contribution in [1.82, 2.24) is 0 Å². The lowest BCUT2D eigenvalue weighted by atomic mass is 9.95. The van der Waals surface area contributed by atoms with Crippen molar-refractivity contribution in [2.75, 3.05) is 0 Å². The standard InChI is InChI=1S/C25H20O3/c1-16-12-25(26)28-24-14-19(10-11-20(16)24)27-15-23-21-8-4-2-6-17(21)13-18-7-3-5-9-22(18)23/h2-11,13-14,16H,12,15H2,1H3. The number of hydrogen-bond acceptors (Lipinski definition) is 3. The zero-order valence-corrected chi connectivity index (χ0v) is 15.6. The monoisotopic (exact) mass is 368 g/mol. The van der Waals surface area contributed by atoms with E-state index < -0.39 is 0 Å². The second-order valence-corrected chi connectivity index (χ2v) is 7.36. The third-order valence-corrected chi connectivity index (χ3v) is 5.48. The largest absolute Gasteiger partial charge is 0.489 e. The van der Waals surface area contributed by atoms with E-state index in [0.29, 0.717) is 24.5 Å². The predicted octanol–water partition coefficient (Wildman–Crippen LogP) is 5.98. The number of carbonyl (C=O) groups is 1. The molecule has 138 valence electrons. The minimum atomic E-state index is -0.183. The molecule has 0 amide bonds. The first-order valence-electron chi connectivity index (χ1n) is 9.56. The summed E-state index contributed by atoms with van der Waals surface area (Å²) in [6.45, 7) is 2.49. The van der Waals surface area contributed by atoms with Gasteiger partial charge in [-0.15, -0.1) is 0 Å².